The summed E-state index contributed by atoms with van der Waals surface area (Å²) in [6.45, 7) is 1.33. The summed E-state index contributed by atoms with van der Waals surface area (Å²) >= 11 is 1.44. The molecule has 0 aliphatic carbocycles. The van der Waals surface area contributed by atoms with E-state index in [0.29, 0.717) is 19.5 Å². The Bertz CT molecular complexity index is 1090. The number of rotatable bonds is 6. The molecule has 0 bridgehead atoms. The largest absolute Gasteiger partial charge is 0.344 e. The minimum absolute atomic E-state index is 0.0120. The van der Waals surface area contributed by atoms with E-state index >= 15 is 0 Å². The average molecular weight is 440 g/mol. The molecule has 4 rings (SSSR count). The first-order chi connectivity index (χ1) is 14.9. The molecule has 1 aliphatic rings. The lowest BCUT2D eigenvalue weighted by Gasteiger charge is -2.18. The molecule has 0 saturated carbocycles. The predicted molar refractivity (Wildman–Crippen MR) is 121 cm³/mol. The minimum atomic E-state index is -0.244. The molecule has 3 heterocycles. The van der Waals surface area contributed by atoms with Crippen LogP contribution in [0.5, 0.6) is 0 Å². The number of benzene rings is 1. The quantitative estimate of drug-likeness (QED) is 0.569. The van der Waals surface area contributed by atoms with E-state index in [-0.39, 0.29) is 23.5 Å². The Hall–Kier alpha value is -2.80. The van der Waals surface area contributed by atoms with Gasteiger partial charge in [0.1, 0.15) is 10.6 Å². The number of halogens is 1. The third-order valence-corrected chi connectivity index (χ3v) is 6.94. The summed E-state index contributed by atoms with van der Waals surface area (Å²) in [5.74, 6) is 0.0222. The number of fused-ring (bicyclic) bond motifs is 1. The maximum absolute atomic E-state index is 13.0. The lowest BCUT2D eigenvalue weighted by molar-refractivity contribution is -0.130. The summed E-state index contributed by atoms with van der Waals surface area (Å²) < 4.78 is 13.0. The van der Waals surface area contributed by atoms with Crippen LogP contribution in [-0.4, -0.2) is 53.8 Å². The molecule has 1 aromatic carbocycles. The smallest absolute Gasteiger partial charge is 0.263 e. The highest BCUT2D eigenvalue weighted by atomic mass is 32.1. The maximum Gasteiger partial charge on any atom is 0.263 e. The SMILES string of the molecule is CN(C)C(=O)c1sc2ncccc2c1[C@@H]1CCN(C(=O)CCCc2ccc(F)cc2)C1. The monoisotopic (exact) mass is 439 g/mol. The van der Waals surface area contributed by atoms with Crippen LogP contribution in [0.4, 0.5) is 4.39 Å². The Kier molecular flexibility index (Phi) is 6.32. The number of hydrogen-bond donors (Lipinski definition) is 0. The fourth-order valence-corrected chi connectivity index (χ4v) is 5.45. The molecule has 162 valence electrons. The Morgan fingerprint density at radius 1 is 1.23 bits per heavy atom. The molecule has 7 heteroatoms. The zero-order chi connectivity index (χ0) is 22.0. The van der Waals surface area contributed by atoms with Gasteiger partial charge in [0.25, 0.3) is 5.91 Å². The van der Waals surface area contributed by atoms with Crippen molar-refractivity contribution in [2.24, 2.45) is 0 Å². The van der Waals surface area contributed by atoms with Gasteiger partial charge in [-0.05, 0) is 48.6 Å². The van der Waals surface area contributed by atoms with Gasteiger partial charge in [0.05, 0.1) is 4.88 Å². The lowest BCUT2D eigenvalue weighted by Crippen LogP contribution is -2.28. The molecule has 5 nitrogen and oxygen atoms in total. The number of nitrogens with zero attached hydrogens (tertiary/aromatic N) is 3. The van der Waals surface area contributed by atoms with Crippen LogP contribution >= 0.6 is 11.3 Å². The van der Waals surface area contributed by atoms with Gasteiger partial charge in [0, 0.05) is 51.1 Å². The number of aryl methyl sites for hydroxylation is 1. The Morgan fingerprint density at radius 3 is 2.74 bits per heavy atom. The van der Waals surface area contributed by atoms with Gasteiger partial charge in [-0.3, -0.25) is 9.59 Å². The second kappa shape index (κ2) is 9.14. The molecular formula is C24H26FN3O2S. The van der Waals surface area contributed by atoms with Crippen LogP contribution in [0.2, 0.25) is 0 Å². The number of pyridine rings is 1. The third kappa shape index (κ3) is 4.61. The van der Waals surface area contributed by atoms with Crippen LogP contribution < -0.4 is 0 Å². The molecule has 0 unspecified atom stereocenters. The molecule has 2 amide bonds. The summed E-state index contributed by atoms with van der Waals surface area (Å²) in [7, 11) is 3.52. The van der Waals surface area contributed by atoms with E-state index in [1.54, 1.807) is 37.3 Å². The van der Waals surface area contributed by atoms with Gasteiger partial charge in [-0.25, -0.2) is 9.37 Å². The highest BCUT2D eigenvalue weighted by molar-refractivity contribution is 7.20. The first kappa shape index (κ1) is 21.4. The van der Waals surface area contributed by atoms with Crippen LogP contribution in [0.25, 0.3) is 10.2 Å². The van der Waals surface area contributed by atoms with E-state index < -0.39 is 0 Å². The molecule has 1 saturated heterocycles. The summed E-state index contributed by atoms with van der Waals surface area (Å²) in [6.07, 6.45) is 4.56. The molecule has 0 N–H and O–H groups in total. The van der Waals surface area contributed by atoms with Crippen molar-refractivity contribution >= 4 is 33.4 Å². The van der Waals surface area contributed by atoms with Crippen molar-refractivity contribution in [3.63, 3.8) is 0 Å². The van der Waals surface area contributed by atoms with Gasteiger partial charge in [0.2, 0.25) is 5.91 Å². The second-order valence-electron chi connectivity index (χ2n) is 8.21. The van der Waals surface area contributed by atoms with Crippen molar-refractivity contribution < 1.29 is 14.0 Å². The van der Waals surface area contributed by atoms with Crippen molar-refractivity contribution in [2.45, 2.75) is 31.6 Å². The number of carbonyl (C=O) groups excluding carboxylic acids is 2. The zero-order valence-electron chi connectivity index (χ0n) is 17.8. The highest BCUT2D eigenvalue weighted by Gasteiger charge is 2.33. The van der Waals surface area contributed by atoms with Gasteiger partial charge in [0.15, 0.2) is 0 Å². The van der Waals surface area contributed by atoms with Crippen molar-refractivity contribution in [1.82, 2.24) is 14.8 Å². The van der Waals surface area contributed by atoms with Crippen LogP contribution in [0.15, 0.2) is 42.6 Å². The van der Waals surface area contributed by atoms with Gasteiger partial charge in [-0.2, -0.15) is 0 Å². The van der Waals surface area contributed by atoms with Gasteiger partial charge in [-0.1, -0.05) is 18.2 Å². The summed E-state index contributed by atoms with van der Waals surface area (Å²) in [4.78, 5) is 35.1. The van der Waals surface area contributed by atoms with E-state index in [4.69, 9.17) is 0 Å². The standard InChI is InChI=1S/C24H26FN3O2S/c1-27(2)24(30)22-21(19-6-4-13-26-23(19)31-22)17-12-14-28(15-17)20(29)7-3-5-16-8-10-18(25)11-9-16/h4,6,8-11,13,17H,3,5,7,12,14-15H2,1-2H3/t17-/m1/s1. The number of carbonyl (C=O) groups is 2. The molecule has 3 aromatic rings. The van der Waals surface area contributed by atoms with Gasteiger partial charge < -0.3 is 9.80 Å². The first-order valence-corrected chi connectivity index (χ1v) is 11.4. The predicted octanol–water partition coefficient (Wildman–Crippen LogP) is 4.48. The minimum Gasteiger partial charge on any atom is -0.344 e. The van der Waals surface area contributed by atoms with E-state index in [9.17, 15) is 14.0 Å². The van der Waals surface area contributed by atoms with Crippen molar-refractivity contribution in [3.8, 4) is 0 Å². The number of hydrogen-bond acceptors (Lipinski definition) is 4. The van der Waals surface area contributed by atoms with E-state index in [1.807, 2.05) is 17.0 Å². The molecule has 31 heavy (non-hydrogen) atoms. The van der Waals surface area contributed by atoms with Crippen LogP contribution in [-0.2, 0) is 11.2 Å². The molecule has 1 aliphatic heterocycles. The van der Waals surface area contributed by atoms with E-state index in [1.165, 1.54) is 23.5 Å². The van der Waals surface area contributed by atoms with Gasteiger partial charge >= 0.3 is 0 Å². The second-order valence-corrected chi connectivity index (χ2v) is 9.20. The van der Waals surface area contributed by atoms with Crippen molar-refractivity contribution in [3.05, 3.63) is 64.4 Å². The summed E-state index contributed by atoms with van der Waals surface area (Å²) in [5, 5.41) is 1.02. The fraction of sp³-hybridized carbons (Fsp3) is 0.375. The Labute approximate surface area is 185 Å². The molecule has 1 atom stereocenters. The number of aromatic nitrogens is 1. The fourth-order valence-electron chi connectivity index (χ4n) is 4.19. The molecule has 0 spiro atoms. The van der Waals surface area contributed by atoms with Crippen LogP contribution in [0.1, 0.15) is 46.0 Å². The average Bonchev–Trinajstić information content (AvgIpc) is 3.39. The zero-order valence-corrected chi connectivity index (χ0v) is 18.6. The first-order valence-electron chi connectivity index (χ1n) is 10.6. The molecular weight excluding hydrogens is 413 g/mol. The molecule has 2 aromatic heterocycles. The molecule has 0 radical (unpaired) electrons. The number of likely N-dealkylation sites (tertiary alicyclic amines) is 1. The highest BCUT2D eigenvalue weighted by Crippen LogP contribution is 2.39. The normalized spacial score (nSPS) is 16.1. The van der Waals surface area contributed by atoms with E-state index in [0.717, 1.165) is 45.5 Å². The maximum atomic E-state index is 13.0. The summed E-state index contributed by atoms with van der Waals surface area (Å²) in [6, 6.07) is 10.4. The van der Waals surface area contributed by atoms with Crippen molar-refractivity contribution in [2.75, 3.05) is 27.2 Å². The topological polar surface area (TPSA) is 53.5 Å². The lowest BCUT2D eigenvalue weighted by atomic mass is 9.95. The third-order valence-electron chi connectivity index (χ3n) is 5.82. The molecule has 1 fully saturated rings. The number of amides is 2. The summed E-state index contributed by atoms with van der Waals surface area (Å²) in [5.41, 5.74) is 2.07. The van der Waals surface area contributed by atoms with Gasteiger partial charge in [-0.15, -0.1) is 11.3 Å². The Balaban J connectivity index is 1.44. The van der Waals surface area contributed by atoms with E-state index in [2.05, 4.69) is 4.98 Å². The number of thiophene rings is 1. The Morgan fingerprint density at radius 2 is 2.00 bits per heavy atom. The van der Waals surface area contributed by atoms with Crippen LogP contribution in [0.3, 0.4) is 0 Å². The van der Waals surface area contributed by atoms with Crippen LogP contribution in [0, 0.1) is 5.82 Å². The van der Waals surface area contributed by atoms with Crippen molar-refractivity contribution in [1.29, 1.82) is 0 Å².